The number of carbonyl (C=O) groups is 1. The predicted octanol–water partition coefficient (Wildman–Crippen LogP) is 1.31. The van der Waals surface area contributed by atoms with Gasteiger partial charge in [0.25, 0.3) is 0 Å². The number of amides is 1. The first kappa shape index (κ1) is 17.5. The second-order valence-electron chi connectivity index (χ2n) is 7.21. The van der Waals surface area contributed by atoms with Gasteiger partial charge in [-0.05, 0) is 33.7 Å². The molecular weight excluding hydrogens is 282 g/mol. The highest BCUT2D eigenvalue weighted by molar-refractivity contribution is 5.68. The molecule has 2 fully saturated rings. The van der Waals surface area contributed by atoms with Gasteiger partial charge in [0.2, 0.25) is 0 Å². The number of hydrogen-bond acceptors (Lipinski definition) is 5. The molecule has 2 saturated heterocycles. The normalized spacial score (nSPS) is 27.2. The second kappa shape index (κ2) is 7.62. The highest BCUT2D eigenvalue weighted by Crippen LogP contribution is 2.15. The van der Waals surface area contributed by atoms with Gasteiger partial charge in [-0.2, -0.15) is 0 Å². The number of rotatable bonds is 4. The lowest BCUT2D eigenvalue weighted by atomic mass is 10.2. The monoisotopic (exact) mass is 313 g/mol. The van der Waals surface area contributed by atoms with Crippen LogP contribution in [0.2, 0.25) is 0 Å². The van der Waals surface area contributed by atoms with E-state index in [1.165, 1.54) is 0 Å². The lowest BCUT2D eigenvalue weighted by Crippen LogP contribution is -2.48. The van der Waals surface area contributed by atoms with Crippen LogP contribution in [0.4, 0.5) is 4.79 Å². The molecule has 2 rings (SSSR count). The Morgan fingerprint density at radius 1 is 1.32 bits per heavy atom. The van der Waals surface area contributed by atoms with Crippen LogP contribution in [-0.4, -0.2) is 79.5 Å². The number of hydrogen-bond donors (Lipinski definition) is 1. The third-order valence-electron chi connectivity index (χ3n) is 4.14. The van der Waals surface area contributed by atoms with Crippen molar-refractivity contribution in [1.82, 2.24) is 15.1 Å². The Hall–Kier alpha value is -0.850. The van der Waals surface area contributed by atoms with Crippen molar-refractivity contribution in [2.75, 3.05) is 45.9 Å². The van der Waals surface area contributed by atoms with E-state index in [0.29, 0.717) is 6.04 Å². The molecular formula is C16H31N3O3. The first-order chi connectivity index (χ1) is 10.4. The number of nitrogens with one attached hydrogen (secondary N) is 1. The average molecular weight is 313 g/mol. The highest BCUT2D eigenvalue weighted by atomic mass is 16.6. The van der Waals surface area contributed by atoms with Crippen molar-refractivity contribution in [2.45, 2.75) is 51.9 Å². The van der Waals surface area contributed by atoms with Gasteiger partial charge in [-0.25, -0.2) is 4.79 Å². The summed E-state index contributed by atoms with van der Waals surface area (Å²) in [7, 11) is 0. The van der Waals surface area contributed by atoms with Crippen LogP contribution < -0.4 is 5.32 Å². The first-order valence-corrected chi connectivity index (χ1v) is 8.42. The zero-order valence-corrected chi connectivity index (χ0v) is 14.4. The summed E-state index contributed by atoms with van der Waals surface area (Å²) in [6.07, 6.45) is 1.02. The standard InChI is InChI=1S/C16H31N3O3/c1-5-18-8-9-21-14(12-18)10-17-13-6-7-19(11-13)15(20)22-16(2,3)4/h13-14,17H,5-12H2,1-4H3. The summed E-state index contributed by atoms with van der Waals surface area (Å²) in [6, 6.07) is 0.341. The molecule has 2 aliphatic rings. The predicted molar refractivity (Wildman–Crippen MR) is 86.1 cm³/mol. The molecule has 22 heavy (non-hydrogen) atoms. The molecule has 6 nitrogen and oxygen atoms in total. The third-order valence-corrected chi connectivity index (χ3v) is 4.14. The Balaban J connectivity index is 1.69. The molecule has 0 aromatic rings. The molecule has 2 heterocycles. The summed E-state index contributed by atoms with van der Waals surface area (Å²) in [5.41, 5.74) is -0.428. The van der Waals surface area contributed by atoms with Gasteiger partial charge in [0.1, 0.15) is 5.60 Å². The molecule has 0 radical (unpaired) electrons. The summed E-state index contributed by atoms with van der Waals surface area (Å²) in [5.74, 6) is 0. The molecule has 1 amide bonds. The van der Waals surface area contributed by atoms with Crippen LogP contribution in [0.15, 0.2) is 0 Å². The number of carbonyl (C=O) groups excluding carboxylic acids is 1. The fourth-order valence-electron chi connectivity index (χ4n) is 2.91. The Morgan fingerprint density at radius 3 is 2.77 bits per heavy atom. The van der Waals surface area contributed by atoms with Crippen LogP contribution in [0.1, 0.15) is 34.1 Å². The molecule has 0 aromatic carbocycles. The lowest BCUT2D eigenvalue weighted by molar-refractivity contribution is -0.0262. The van der Waals surface area contributed by atoms with Crippen molar-refractivity contribution in [1.29, 1.82) is 0 Å². The van der Waals surface area contributed by atoms with Crippen molar-refractivity contribution >= 4 is 6.09 Å². The van der Waals surface area contributed by atoms with Crippen LogP contribution >= 0.6 is 0 Å². The minimum Gasteiger partial charge on any atom is -0.444 e. The van der Waals surface area contributed by atoms with Crippen molar-refractivity contribution in [3.05, 3.63) is 0 Å². The van der Waals surface area contributed by atoms with E-state index in [2.05, 4.69) is 17.1 Å². The van der Waals surface area contributed by atoms with E-state index in [4.69, 9.17) is 9.47 Å². The molecule has 2 atom stereocenters. The molecule has 1 N–H and O–H groups in total. The van der Waals surface area contributed by atoms with Crippen LogP contribution in [0.25, 0.3) is 0 Å². The van der Waals surface area contributed by atoms with E-state index >= 15 is 0 Å². The van der Waals surface area contributed by atoms with Gasteiger partial charge in [0.05, 0.1) is 12.7 Å². The minimum atomic E-state index is -0.428. The Kier molecular flexibility index (Phi) is 6.06. The maximum absolute atomic E-state index is 12.0. The van der Waals surface area contributed by atoms with E-state index in [1.807, 2.05) is 20.8 Å². The van der Waals surface area contributed by atoms with Gasteiger partial charge in [0.15, 0.2) is 0 Å². The van der Waals surface area contributed by atoms with Gasteiger partial charge < -0.3 is 19.7 Å². The second-order valence-corrected chi connectivity index (χ2v) is 7.21. The maximum Gasteiger partial charge on any atom is 0.410 e. The van der Waals surface area contributed by atoms with Gasteiger partial charge in [0, 0.05) is 38.8 Å². The zero-order chi connectivity index (χ0) is 16.2. The average Bonchev–Trinajstić information content (AvgIpc) is 2.92. The van der Waals surface area contributed by atoms with E-state index in [0.717, 1.165) is 52.3 Å². The number of morpholine rings is 1. The Labute approximate surface area is 134 Å². The molecule has 0 aliphatic carbocycles. The van der Waals surface area contributed by atoms with Gasteiger partial charge in [-0.15, -0.1) is 0 Å². The van der Waals surface area contributed by atoms with Gasteiger partial charge >= 0.3 is 6.09 Å². The summed E-state index contributed by atoms with van der Waals surface area (Å²) >= 11 is 0. The summed E-state index contributed by atoms with van der Waals surface area (Å²) in [4.78, 5) is 16.2. The smallest absolute Gasteiger partial charge is 0.410 e. The van der Waals surface area contributed by atoms with Crippen LogP contribution in [0.5, 0.6) is 0 Å². The molecule has 128 valence electrons. The van der Waals surface area contributed by atoms with Crippen LogP contribution in [-0.2, 0) is 9.47 Å². The summed E-state index contributed by atoms with van der Waals surface area (Å²) < 4.78 is 11.2. The van der Waals surface area contributed by atoms with Gasteiger partial charge in [-0.1, -0.05) is 6.92 Å². The SMILES string of the molecule is CCN1CCOC(CNC2CCN(C(=O)OC(C)(C)C)C2)C1. The van der Waals surface area contributed by atoms with Crippen molar-refractivity contribution in [3.8, 4) is 0 Å². The summed E-state index contributed by atoms with van der Waals surface area (Å²) in [6.45, 7) is 14.1. The van der Waals surface area contributed by atoms with Crippen LogP contribution in [0, 0.1) is 0 Å². The largest absolute Gasteiger partial charge is 0.444 e. The number of ether oxygens (including phenoxy) is 2. The molecule has 2 unspecified atom stereocenters. The first-order valence-electron chi connectivity index (χ1n) is 8.42. The Bertz CT molecular complexity index is 370. The molecule has 2 aliphatic heterocycles. The van der Waals surface area contributed by atoms with E-state index in [1.54, 1.807) is 4.90 Å². The zero-order valence-electron chi connectivity index (χ0n) is 14.4. The van der Waals surface area contributed by atoms with Crippen molar-refractivity contribution in [2.24, 2.45) is 0 Å². The molecule has 0 saturated carbocycles. The molecule has 6 heteroatoms. The number of likely N-dealkylation sites (tertiary alicyclic amines) is 1. The van der Waals surface area contributed by atoms with Gasteiger partial charge in [-0.3, -0.25) is 4.90 Å². The number of likely N-dealkylation sites (N-methyl/N-ethyl adjacent to an activating group) is 1. The molecule has 0 spiro atoms. The third kappa shape index (κ3) is 5.41. The number of nitrogens with zero attached hydrogens (tertiary/aromatic N) is 2. The fraction of sp³-hybridized carbons (Fsp3) is 0.938. The molecule has 0 aromatic heterocycles. The van der Waals surface area contributed by atoms with E-state index < -0.39 is 5.60 Å². The highest BCUT2D eigenvalue weighted by Gasteiger charge is 2.30. The Morgan fingerprint density at radius 2 is 2.09 bits per heavy atom. The van der Waals surface area contributed by atoms with Crippen LogP contribution in [0.3, 0.4) is 0 Å². The summed E-state index contributed by atoms with van der Waals surface area (Å²) in [5, 5.41) is 3.54. The van der Waals surface area contributed by atoms with Crippen molar-refractivity contribution < 1.29 is 14.3 Å². The maximum atomic E-state index is 12.0. The topological polar surface area (TPSA) is 54.0 Å². The fourth-order valence-corrected chi connectivity index (χ4v) is 2.91. The van der Waals surface area contributed by atoms with Crippen molar-refractivity contribution in [3.63, 3.8) is 0 Å². The molecule has 0 bridgehead atoms. The van der Waals surface area contributed by atoms with E-state index in [-0.39, 0.29) is 12.2 Å². The quantitative estimate of drug-likeness (QED) is 0.848. The lowest BCUT2D eigenvalue weighted by Gasteiger charge is -2.32. The van der Waals surface area contributed by atoms with E-state index in [9.17, 15) is 4.79 Å². The minimum absolute atomic E-state index is 0.206.